The minimum absolute atomic E-state index is 0.00500. The lowest BCUT2D eigenvalue weighted by Crippen LogP contribution is -2.46. The molecule has 3 aliphatic rings. The molecule has 1 aliphatic carbocycles. The molecule has 2 aromatic rings. The number of furan rings is 1. The molecule has 136 valence electrons. The largest absolute Gasteiger partial charge is 0.504 e. The molecule has 2 atom stereocenters. The Hall–Kier alpha value is -3.59. The Balaban J connectivity index is 1.78. The van der Waals surface area contributed by atoms with Crippen molar-refractivity contribution in [2.24, 2.45) is 0 Å². The molecule has 3 heterocycles. The molecule has 0 bridgehead atoms. The van der Waals surface area contributed by atoms with Crippen LogP contribution in [0.2, 0.25) is 0 Å². The number of aromatic hydroxyl groups is 2. The normalized spacial score (nSPS) is 26.4. The monoisotopic (exact) mass is 370 g/mol. The first-order chi connectivity index (χ1) is 12.8. The van der Waals surface area contributed by atoms with Crippen molar-refractivity contribution in [3.63, 3.8) is 0 Å². The van der Waals surface area contributed by atoms with Gasteiger partial charge in [-0.15, -0.1) is 0 Å². The highest BCUT2D eigenvalue weighted by Gasteiger charge is 2.55. The van der Waals surface area contributed by atoms with Crippen molar-refractivity contribution in [3.8, 4) is 11.5 Å². The summed E-state index contributed by atoms with van der Waals surface area (Å²) in [6, 6.07) is 2.16. The molecule has 0 unspecified atom stereocenters. The molecule has 3 N–H and O–H groups in total. The Kier molecular flexibility index (Phi) is 2.76. The molecule has 9 heteroatoms. The van der Waals surface area contributed by atoms with E-state index in [1.165, 1.54) is 6.08 Å². The zero-order chi connectivity index (χ0) is 19.1. The van der Waals surface area contributed by atoms with Gasteiger partial charge in [0, 0.05) is 17.5 Å². The first-order valence-electron chi connectivity index (χ1n) is 7.90. The lowest BCUT2D eigenvalue weighted by atomic mass is 9.78. The van der Waals surface area contributed by atoms with Crippen LogP contribution in [0.3, 0.4) is 0 Å². The summed E-state index contributed by atoms with van der Waals surface area (Å²) >= 11 is 0. The molecule has 0 fully saturated rings. The minimum Gasteiger partial charge on any atom is -0.504 e. The second-order valence-corrected chi connectivity index (χ2v) is 6.43. The standard InChI is InChI=1S/C18H10O9/c19-7-3-6-9(4-8(7)20)25-16-12(6)14(23)17-13(15(16)24)18(5-11(22)26-17)2-1-10(21)27-18/h1-4,11,19-20,22H,5H2/t11-,18+/m0/s1. The number of hydrogen-bond donors (Lipinski definition) is 3. The summed E-state index contributed by atoms with van der Waals surface area (Å²) in [6.45, 7) is 0. The van der Waals surface area contributed by atoms with Crippen LogP contribution >= 0.6 is 0 Å². The van der Waals surface area contributed by atoms with Crippen molar-refractivity contribution in [1.29, 1.82) is 0 Å². The number of fused-ring (bicyclic) bond motifs is 4. The van der Waals surface area contributed by atoms with E-state index in [2.05, 4.69) is 0 Å². The van der Waals surface area contributed by atoms with Gasteiger partial charge in [0.2, 0.25) is 17.9 Å². The average molecular weight is 370 g/mol. The van der Waals surface area contributed by atoms with Crippen molar-refractivity contribution in [2.45, 2.75) is 18.3 Å². The van der Waals surface area contributed by atoms with Gasteiger partial charge >= 0.3 is 5.97 Å². The van der Waals surface area contributed by atoms with Gasteiger partial charge in [-0.3, -0.25) is 9.59 Å². The quantitative estimate of drug-likeness (QED) is 0.458. The molecule has 0 saturated carbocycles. The highest BCUT2D eigenvalue weighted by atomic mass is 16.6. The number of aliphatic hydroxyl groups is 1. The summed E-state index contributed by atoms with van der Waals surface area (Å²) in [4.78, 5) is 37.7. The molecular formula is C18H10O9. The number of phenols is 2. The number of rotatable bonds is 0. The third kappa shape index (κ3) is 1.88. The van der Waals surface area contributed by atoms with E-state index in [1.54, 1.807) is 0 Å². The second kappa shape index (κ2) is 4.77. The smallest absolute Gasteiger partial charge is 0.331 e. The van der Waals surface area contributed by atoms with Crippen LogP contribution in [0, 0.1) is 0 Å². The summed E-state index contributed by atoms with van der Waals surface area (Å²) in [6.07, 6.45) is 0.662. The van der Waals surface area contributed by atoms with Crippen LogP contribution in [0.25, 0.3) is 11.0 Å². The number of ether oxygens (including phenoxy) is 2. The summed E-state index contributed by atoms with van der Waals surface area (Å²) < 4.78 is 15.9. The third-order valence-electron chi connectivity index (χ3n) is 4.81. The maximum atomic E-state index is 13.1. The fourth-order valence-corrected chi connectivity index (χ4v) is 3.68. The Morgan fingerprint density at radius 3 is 2.52 bits per heavy atom. The van der Waals surface area contributed by atoms with E-state index in [4.69, 9.17) is 13.9 Å². The van der Waals surface area contributed by atoms with Crippen LogP contribution < -0.4 is 0 Å². The number of carbonyl (C=O) groups is 3. The van der Waals surface area contributed by atoms with E-state index >= 15 is 0 Å². The molecule has 2 aliphatic heterocycles. The number of hydrogen-bond acceptors (Lipinski definition) is 9. The van der Waals surface area contributed by atoms with E-state index in [0.29, 0.717) is 0 Å². The van der Waals surface area contributed by atoms with Crippen molar-refractivity contribution >= 4 is 28.5 Å². The van der Waals surface area contributed by atoms with Crippen LogP contribution in [0.15, 0.2) is 40.0 Å². The number of aliphatic hydroxyl groups excluding tert-OH is 1. The molecule has 5 rings (SSSR count). The topological polar surface area (TPSA) is 144 Å². The number of carbonyl (C=O) groups excluding carboxylic acids is 3. The van der Waals surface area contributed by atoms with E-state index < -0.39 is 46.7 Å². The molecular weight excluding hydrogens is 360 g/mol. The van der Waals surface area contributed by atoms with Crippen molar-refractivity contribution in [2.75, 3.05) is 0 Å². The third-order valence-corrected chi connectivity index (χ3v) is 4.81. The number of benzene rings is 1. The molecule has 27 heavy (non-hydrogen) atoms. The lowest BCUT2D eigenvalue weighted by Gasteiger charge is -2.37. The SMILES string of the molecule is O=C1C=C[C@]2(C[C@@H](O)OC3=C2C(=O)c2oc4cc(O)c(O)cc4c2C3=O)O1. The molecule has 9 nitrogen and oxygen atoms in total. The fraction of sp³-hybridized carbons (Fsp3) is 0.167. The Morgan fingerprint density at radius 1 is 1.07 bits per heavy atom. The zero-order valence-corrected chi connectivity index (χ0v) is 13.4. The predicted octanol–water partition coefficient (Wildman–Crippen LogP) is 1.07. The predicted molar refractivity (Wildman–Crippen MR) is 84.9 cm³/mol. The Bertz CT molecular complexity index is 1150. The minimum atomic E-state index is -1.63. The Morgan fingerprint density at radius 2 is 1.81 bits per heavy atom. The highest BCUT2D eigenvalue weighted by Crippen LogP contribution is 2.47. The number of ketones is 2. The van der Waals surface area contributed by atoms with Crippen LogP contribution in [0.1, 0.15) is 27.3 Å². The van der Waals surface area contributed by atoms with Gasteiger partial charge in [0.1, 0.15) is 5.58 Å². The summed E-state index contributed by atoms with van der Waals surface area (Å²) in [5, 5.41) is 29.5. The summed E-state index contributed by atoms with van der Waals surface area (Å²) in [5.74, 6) is -3.99. The number of Topliss-reactive ketones (excluding diaryl/α,β-unsaturated/α-hetero) is 2. The first-order valence-corrected chi connectivity index (χ1v) is 7.90. The highest BCUT2D eigenvalue weighted by molar-refractivity contribution is 6.30. The van der Waals surface area contributed by atoms with Gasteiger partial charge in [-0.25, -0.2) is 4.79 Å². The van der Waals surface area contributed by atoms with Crippen LogP contribution in [-0.2, 0) is 14.3 Å². The molecule has 0 amide bonds. The average Bonchev–Trinajstić information content (AvgIpc) is 3.14. The van der Waals surface area contributed by atoms with E-state index in [-0.39, 0.29) is 34.3 Å². The van der Waals surface area contributed by atoms with Crippen LogP contribution in [0.5, 0.6) is 11.5 Å². The van der Waals surface area contributed by atoms with Gasteiger partial charge in [0.05, 0.1) is 17.6 Å². The Labute approximate surface area is 149 Å². The fourth-order valence-electron chi connectivity index (χ4n) is 3.68. The molecule has 0 radical (unpaired) electrons. The maximum absolute atomic E-state index is 13.1. The molecule has 1 aromatic heterocycles. The van der Waals surface area contributed by atoms with Gasteiger partial charge in [0.15, 0.2) is 28.6 Å². The number of esters is 1. The zero-order valence-electron chi connectivity index (χ0n) is 13.4. The second-order valence-electron chi connectivity index (χ2n) is 6.43. The summed E-state index contributed by atoms with van der Waals surface area (Å²) in [5.41, 5.74) is -2.02. The van der Waals surface area contributed by atoms with E-state index in [9.17, 15) is 29.7 Å². The molecule has 1 aromatic carbocycles. The number of phenolic OH excluding ortho intramolecular Hbond substituents is 2. The van der Waals surface area contributed by atoms with Crippen LogP contribution in [-0.4, -0.2) is 44.7 Å². The maximum Gasteiger partial charge on any atom is 0.331 e. The van der Waals surface area contributed by atoms with Gasteiger partial charge in [-0.05, 0) is 12.1 Å². The van der Waals surface area contributed by atoms with E-state index in [0.717, 1.165) is 18.2 Å². The van der Waals surface area contributed by atoms with Gasteiger partial charge in [-0.2, -0.15) is 0 Å². The molecule has 0 saturated heterocycles. The van der Waals surface area contributed by atoms with Gasteiger partial charge in [0.25, 0.3) is 0 Å². The van der Waals surface area contributed by atoms with E-state index in [1.807, 2.05) is 0 Å². The van der Waals surface area contributed by atoms with Crippen molar-refractivity contribution < 1.29 is 43.6 Å². The van der Waals surface area contributed by atoms with Crippen molar-refractivity contribution in [3.05, 3.63) is 46.9 Å². The lowest BCUT2D eigenvalue weighted by molar-refractivity contribution is -0.155. The summed E-state index contributed by atoms with van der Waals surface area (Å²) in [7, 11) is 0. The van der Waals surface area contributed by atoms with Crippen LogP contribution in [0.4, 0.5) is 0 Å². The van der Waals surface area contributed by atoms with Crippen molar-refractivity contribution in [1.82, 2.24) is 0 Å². The first kappa shape index (κ1) is 15.6. The molecule has 1 spiro atoms. The van der Waals surface area contributed by atoms with Gasteiger partial charge in [-0.1, -0.05) is 0 Å². The van der Waals surface area contributed by atoms with Gasteiger partial charge < -0.3 is 29.2 Å². The number of allylic oxidation sites excluding steroid dienone is 1.